The highest BCUT2D eigenvalue weighted by Gasteiger charge is 2.13. The van der Waals surface area contributed by atoms with Crippen molar-refractivity contribution in [3.05, 3.63) is 32.2 Å². The molecule has 0 unspecified atom stereocenters. The number of anilines is 1. The quantitative estimate of drug-likeness (QED) is 0.660. The number of aromatic nitrogens is 3. The molecule has 0 saturated carbocycles. The van der Waals surface area contributed by atoms with Crippen molar-refractivity contribution >= 4 is 44.3 Å². The Morgan fingerprint density at radius 1 is 1.33 bits per heavy atom. The first kappa shape index (κ1) is 16.6. The van der Waals surface area contributed by atoms with Crippen molar-refractivity contribution in [2.24, 2.45) is 0 Å². The van der Waals surface area contributed by atoms with Crippen LogP contribution in [0.25, 0.3) is 11.4 Å². The van der Waals surface area contributed by atoms with Crippen molar-refractivity contribution in [1.82, 2.24) is 15.0 Å². The van der Waals surface area contributed by atoms with Gasteiger partial charge in [-0.25, -0.2) is 9.97 Å². The largest absolute Gasteiger partial charge is 0.378 e. The number of hydrogen-bond acceptors (Lipinski definition) is 5. The van der Waals surface area contributed by atoms with Gasteiger partial charge in [0, 0.05) is 36.1 Å². The summed E-state index contributed by atoms with van der Waals surface area (Å²) in [5, 5.41) is 3.34. The van der Waals surface area contributed by atoms with Gasteiger partial charge in [0.05, 0.1) is 15.9 Å². The lowest BCUT2D eigenvalue weighted by atomic mass is 10.2. The van der Waals surface area contributed by atoms with Crippen molar-refractivity contribution in [2.75, 3.05) is 19.0 Å². The minimum absolute atomic E-state index is 0.454. The van der Waals surface area contributed by atoms with Crippen molar-refractivity contribution in [2.45, 2.75) is 20.0 Å². The van der Waals surface area contributed by atoms with E-state index < -0.39 is 0 Å². The smallest absolute Gasteiger partial charge is 0.163 e. The average molecular weight is 463 g/mol. The van der Waals surface area contributed by atoms with Crippen LogP contribution in [0.15, 0.2) is 22.9 Å². The zero-order chi connectivity index (χ0) is 15.2. The molecule has 0 aromatic carbocycles. The van der Waals surface area contributed by atoms with E-state index in [1.54, 1.807) is 19.5 Å². The van der Waals surface area contributed by atoms with Crippen LogP contribution in [-0.2, 0) is 11.3 Å². The highest BCUT2D eigenvalue weighted by atomic mass is 127. The van der Waals surface area contributed by atoms with Gasteiger partial charge in [-0.3, -0.25) is 4.98 Å². The molecule has 2 aromatic heterocycles. The standard InChI is InChI=1S/C14H16BrIN4O/c1-3-4-18-14-12(16)11(8-21-2)19-13(20-14)9-5-10(15)7-17-6-9/h5-7H,3-4,8H2,1-2H3,(H,18,19,20). The minimum Gasteiger partial charge on any atom is -0.378 e. The summed E-state index contributed by atoms with van der Waals surface area (Å²) in [6.07, 6.45) is 4.53. The van der Waals surface area contributed by atoms with Crippen LogP contribution in [0.4, 0.5) is 5.82 Å². The molecule has 0 radical (unpaired) electrons. The molecule has 5 nitrogen and oxygen atoms in total. The maximum absolute atomic E-state index is 5.24. The Bertz CT molecular complexity index is 624. The summed E-state index contributed by atoms with van der Waals surface area (Å²) in [7, 11) is 1.66. The number of ether oxygens (including phenoxy) is 1. The first-order chi connectivity index (χ1) is 10.2. The lowest BCUT2D eigenvalue weighted by Crippen LogP contribution is -2.09. The van der Waals surface area contributed by atoms with Gasteiger partial charge in [-0.05, 0) is 51.0 Å². The lowest BCUT2D eigenvalue weighted by molar-refractivity contribution is 0.181. The van der Waals surface area contributed by atoms with Crippen molar-refractivity contribution < 1.29 is 4.74 Å². The van der Waals surface area contributed by atoms with E-state index in [0.717, 1.165) is 38.1 Å². The van der Waals surface area contributed by atoms with E-state index in [4.69, 9.17) is 4.74 Å². The first-order valence-corrected chi connectivity index (χ1v) is 8.43. The summed E-state index contributed by atoms with van der Waals surface area (Å²) in [6.45, 7) is 3.45. The summed E-state index contributed by atoms with van der Waals surface area (Å²) in [5.41, 5.74) is 1.75. The van der Waals surface area contributed by atoms with Gasteiger partial charge >= 0.3 is 0 Å². The van der Waals surface area contributed by atoms with Crippen molar-refractivity contribution in [1.29, 1.82) is 0 Å². The van der Waals surface area contributed by atoms with Crippen LogP contribution in [0.3, 0.4) is 0 Å². The molecule has 0 aliphatic heterocycles. The fraction of sp³-hybridized carbons (Fsp3) is 0.357. The zero-order valence-corrected chi connectivity index (χ0v) is 15.6. The SMILES string of the molecule is CCCNc1nc(-c2cncc(Br)c2)nc(COC)c1I. The number of methoxy groups -OCH3 is 1. The van der Waals surface area contributed by atoms with Crippen molar-refractivity contribution in [3.8, 4) is 11.4 Å². The number of pyridine rings is 1. The molecule has 2 rings (SSSR count). The third-order valence-electron chi connectivity index (χ3n) is 2.71. The van der Waals surface area contributed by atoms with E-state index >= 15 is 0 Å². The molecule has 0 fully saturated rings. The fourth-order valence-corrected chi connectivity index (χ4v) is 2.70. The van der Waals surface area contributed by atoms with Crippen molar-refractivity contribution in [3.63, 3.8) is 0 Å². The van der Waals surface area contributed by atoms with Gasteiger partial charge in [-0.2, -0.15) is 0 Å². The highest BCUT2D eigenvalue weighted by molar-refractivity contribution is 14.1. The van der Waals surface area contributed by atoms with E-state index in [1.165, 1.54) is 0 Å². The minimum atomic E-state index is 0.454. The maximum Gasteiger partial charge on any atom is 0.163 e. The number of nitrogens with zero attached hydrogens (tertiary/aromatic N) is 3. The Morgan fingerprint density at radius 3 is 2.81 bits per heavy atom. The fourth-order valence-electron chi connectivity index (χ4n) is 1.75. The van der Waals surface area contributed by atoms with E-state index in [-0.39, 0.29) is 0 Å². The molecule has 112 valence electrons. The molecule has 2 heterocycles. The summed E-state index contributed by atoms with van der Waals surface area (Å²) in [5.74, 6) is 1.49. The van der Waals surface area contributed by atoms with E-state index in [9.17, 15) is 0 Å². The molecular weight excluding hydrogens is 447 g/mol. The maximum atomic E-state index is 5.24. The molecule has 0 saturated heterocycles. The van der Waals surface area contributed by atoms with E-state index in [1.807, 2.05) is 6.07 Å². The molecule has 7 heteroatoms. The predicted octanol–water partition coefficient (Wildman–Crippen LogP) is 3.87. The molecule has 0 spiro atoms. The lowest BCUT2D eigenvalue weighted by Gasteiger charge is -2.12. The van der Waals surface area contributed by atoms with Gasteiger partial charge in [-0.1, -0.05) is 6.92 Å². The Kier molecular flexibility index (Phi) is 6.31. The molecule has 0 bridgehead atoms. The van der Waals surface area contributed by atoms with Gasteiger partial charge in [0.25, 0.3) is 0 Å². The molecule has 21 heavy (non-hydrogen) atoms. The topological polar surface area (TPSA) is 59.9 Å². The normalized spacial score (nSPS) is 10.7. The Hall–Kier alpha value is -0.800. The summed E-state index contributed by atoms with van der Waals surface area (Å²) in [4.78, 5) is 13.4. The van der Waals surface area contributed by atoms with Gasteiger partial charge in [0.2, 0.25) is 0 Å². The van der Waals surface area contributed by atoms with Crippen LogP contribution in [0.1, 0.15) is 19.0 Å². The third kappa shape index (κ3) is 4.33. The molecule has 0 atom stereocenters. The summed E-state index contributed by atoms with van der Waals surface area (Å²) < 4.78 is 7.13. The summed E-state index contributed by atoms with van der Waals surface area (Å²) in [6, 6.07) is 1.95. The van der Waals surface area contributed by atoms with Gasteiger partial charge < -0.3 is 10.1 Å². The third-order valence-corrected chi connectivity index (χ3v) is 4.27. The zero-order valence-electron chi connectivity index (χ0n) is 11.9. The second-order valence-corrected chi connectivity index (χ2v) is 6.40. The van der Waals surface area contributed by atoms with Crippen LogP contribution in [-0.4, -0.2) is 28.6 Å². The van der Waals surface area contributed by atoms with Crippen LogP contribution in [0.2, 0.25) is 0 Å². The second kappa shape index (κ2) is 8.00. The average Bonchev–Trinajstić information content (AvgIpc) is 2.48. The highest BCUT2D eigenvalue weighted by Crippen LogP contribution is 2.25. The second-order valence-electron chi connectivity index (χ2n) is 4.41. The van der Waals surface area contributed by atoms with Crippen LogP contribution < -0.4 is 5.32 Å². The summed E-state index contributed by atoms with van der Waals surface area (Å²) >= 11 is 5.68. The van der Waals surface area contributed by atoms with Gasteiger partial charge in [0.1, 0.15) is 5.82 Å². The predicted molar refractivity (Wildman–Crippen MR) is 95.2 cm³/mol. The first-order valence-electron chi connectivity index (χ1n) is 6.55. The molecular formula is C14H16BrIN4O. The van der Waals surface area contributed by atoms with Gasteiger partial charge in [-0.15, -0.1) is 0 Å². The number of nitrogens with one attached hydrogen (secondary N) is 1. The van der Waals surface area contributed by atoms with E-state index in [2.05, 4.69) is 65.7 Å². The Balaban J connectivity index is 2.47. The monoisotopic (exact) mass is 462 g/mol. The Labute approximate surface area is 146 Å². The number of hydrogen-bond donors (Lipinski definition) is 1. The van der Waals surface area contributed by atoms with E-state index in [0.29, 0.717) is 12.4 Å². The number of rotatable bonds is 6. The van der Waals surface area contributed by atoms with Crippen LogP contribution in [0, 0.1) is 3.57 Å². The number of halogens is 2. The van der Waals surface area contributed by atoms with Gasteiger partial charge in [0.15, 0.2) is 5.82 Å². The van der Waals surface area contributed by atoms with Crippen LogP contribution >= 0.6 is 38.5 Å². The molecule has 2 aromatic rings. The van der Waals surface area contributed by atoms with Crippen LogP contribution in [0.5, 0.6) is 0 Å². The molecule has 1 N–H and O–H groups in total. The Morgan fingerprint density at radius 2 is 2.14 bits per heavy atom. The molecule has 0 amide bonds. The molecule has 0 aliphatic carbocycles. The molecule has 0 aliphatic rings.